The molecule has 1 aromatic rings. The van der Waals surface area contributed by atoms with Gasteiger partial charge in [0.05, 0.1) is 17.4 Å². The predicted octanol–water partition coefficient (Wildman–Crippen LogP) is 2.38. The number of nitriles is 1. The van der Waals surface area contributed by atoms with E-state index in [1.165, 1.54) is 0 Å². The lowest BCUT2D eigenvalue weighted by Crippen LogP contribution is -2.34. The second kappa shape index (κ2) is 5.22. The quantitative estimate of drug-likeness (QED) is 0.792. The topological polar surface area (TPSA) is 51.5 Å². The minimum atomic E-state index is -0.530. The Balaban J connectivity index is 2.27. The van der Waals surface area contributed by atoms with Gasteiger partial charge in [-0.05, 0) is 45.3 Å². The van der Waals surface area contributed by atoms with Crippen LogP contribution in [0.5, 0.6) is 5.75 Å². The molecular formula is C15H18BNO3. The zero-order valence-electron chi connectivity index (χ0n) is 12.3. The van der Waals surface area contributed by atoms with Crippen LogP contribution in [0.1, 0.15) is 33.3 Å². The first-order valence-electron chi connectivity index (χ1n) is 6.58. The van der Waals surface area contributed by atoms with Gasteiger partial charge in [-0.1, -0.05) is 12.6 Å². The van der Waals surface area contributed by atoms with Gasteiger partial charge in [0.2, 0.25) is 0 Å². The molecule has 0 unspecified atom stereocenters. The molecule has 0 amide bonds. The zero-order chi connectivity index (χ0) is 14.9. The van der Waals surface area contributed by atoms with Crippen molar-refractivity contribution in [3.8, 4) is 11.8 Å². The van der Waals surface area contributed by atoms with Crippen molar-refractivity contribution in [3.63, 3.8) is 0 Å². The summed E-state index contributed by atoms with van der Waals surface area (Å²) >= 11 is 0. The number of rotatable bonds is 3. The van der Waals surface area contributed by atoms with Crippen LogP contribution in [-0.4, -0.2) is 18.8 Å². The second-order valence-electron chi connectivity index (χ2n) is 5.54. The van der Waals surface area contributed by atoms with Crippen LogP contribution >= 0.6 is 0 Å². The number of hydrogen-bond donors (Lipinski definition) is 0. The van der Waals surface area contributed by atoms with Gasteiger partial charge in [0.15, 0.2) is 0 Å². The average molecular weight is 271 g/mol. The maximum atomic E-state index is 9.22. The highest BCUT2D eigenvalue weighted by Gasteiger charge is 2.42. The summed E-state index contributed by atoms with van der Waals surface area (Å²) in [4.78, 5) is 0. The van der Waals surface area contributed by atoms with Gasteiger partial charge < -0.3 is 14.0 Å². The highest BCUT2D eigenvalue weighted by molar-refractivity contribution is 6.62. The van der Waals surface area contributed by atoms with E-state index in [2.05, 4.69) is 12.6 Å². The summed E-state index contributed by atoms with van der Waals surface area (Å²) in [6.45, 7) is 11.5. The monoisotopic (exact) mass is 271 g/mol. The van der Waals surface area contributed by atoms with E-state index in [4.69, 9.17) is 14.0 Å². The third kappa shape index (κ3) is 2.81. The molecule has 4 nitrogen and oxygen atoms in total. The molecule has 0 N–H and O–H groups in total. The van der Waals surface area contributed by atoms with Crippen LogP contribution < -0.4 is 10.2 Å². The molecule has 20 heavy (non-hydrogen) atoms. The molecule has 0 radical (unpaired) electrons. The summed E-state index contributed by atoms with van der Waals surface area (Å²) in [7, 11) is -0.530. The molecule has 0 aromatic heterocycles. The molecule has 0 aliphatic carbocycles. The minimum Gasteiger partial charge on any atom is -0.534 e. The maximum Gasteiger partial charge on any atom is 0.563 e. The van der Waals surface area contributed by atoms with E-state index >= 15 is 0 Å². The van der Waals surface area contributed by atoms with Gasteiger partial charge >= 0.3 is 7.12 Å². The van der Waals surface area contributed by atoms with Crippen LogP contribution in [0, 0.1) is 11.3 Å². The molecule has 0 bridgehead atoms. The van der Waals surface area contributed by atoms with Crippen LogP contribution in [0.2, 0.25) is 0 Å². The van der Waals surface area contributed by atoms with Crippen LogP contribution in [-0.2, 0) is 9.31 Å². The Kier molecular flexibility index (Phi) is 3.78. The summed E-state index contributed by atoms with van der Waals surface area (Å²) in [6, 6.07) is 7.49. The van der Waals surface area contributed by atoms with Crippen LogP contribution in [0.4, 0.5) is 0 Å². The van der Waals surface area contributed by atoms with E-state index in [-0.39, 0.29) is 6.10 Å². The summed E-state index contributed by atoms with van der Waals surface area (Å²) < 4.78 is 17.0. The number of nitrogens with zero attached hydrogens (tertiary/aromatic N) is 1. The molecule has 0 atom stereocenters. The fraction of sp³-hybridized carbons (Fsp3) is 0.400. The molecule has 104 valence electrons. The third-order valence-electron chi connectivity index (χ3n) is 3.08. The smallest absolute Gasteiger partial charge is 0.534 e. The first kappa shape index (κ1) is 14.5. The first-order chi connectivity index (χ1) is 9.33. The molecule has 0 spiro atoms. The molecule has 0 saturated carbocycles. The van der Waals surface area contributed by atoms with Crippen molar-refractivity contribution < 1.29 is 14.0 Å². The van der Waals surface area contributed by atoms with E-state index in [1.807, 2.05) is 33.8 Å². The summed E-state index contributed by atoms with van der Waals surface area (Å²) in [6.07, 6.45) is 0.0191. The van der Waals surface area contributed by atoms with Crippen molar-refractivity contribution in [2.75, 3.05) is 0 Å². The molecule has 1 heterocycles. The fourth-order valence-corrected chi connectivity index (χ4v) is 1.90. The van der Waals surface area contributed by atoms with Gasteiger partial charge in [-0.2, -0.15) is 5.26 Å². The van der Waals surface area contributed by atoms with Crippen molar-refractivity contribution in [1.29, 1.82) is 5.26 Å². The van der Waals surface area contributed by atoms with Gasteiger partial charge in [0, 0.05) is 0 Å². The van der Waals surface area contributed by atoms with Gasteiger partial charge in [0.25, 0.3) is 0 Å². The van der Waals surface area contributed by atoms with Gasteiger partial charge in [-0.15, -0.1) is 0 Å². The van der Waals surface area contributed by atoms with Crippen LogP contribution in [0.25, 0.3) is 0 Å². The average Bonchev–Trinajstić information content (AvgIpc) is 2.63. The van der Waals surface area contributed by atoms with Crippen molar-refractivity contribution in [2.24, 2.45) is 0 Å². The zero-order valence-corrected chi connectivity index (χ0v) is 12.3. The van der Waals surface area contributed by atoms with E-state index in [0.717, 1.165) is 5.46 Å². The molecule has 1 fully saturated rings. The summed E-state index contributed by atoms with van der Waals surface area (Å²) in [5, 5.41) is 9.22. The molecule has 1 aliphatic heterocycles. The Bertz CT molecular complexity index is 575. The second-order valence-corrected chi connectivity index (χ2v) is 5.54. The van der Waals surface area contributed by atoms with Crippen molar-refractivity contribution >= 4 is 12.6 Å². The summed E-state index contributed by atoms with van der Waals surface area (Å²) in [5.41, 5.74) is 0.730. The third-order valence-corrected chi connectivity index (χ3v) is 3.08. The van der Waals surface area contributed by atoms with Gasteiger partial charge in [-0.25, -0.2) is 0 Å². The summed E-state index contributed by atoms with van der Waals surface area (Å²) in [5.74, 6) is 1.16. The van der Waals surface area contributed by atoms with E-state index in [1.54, 1.807) is 12.1 Å². The number of ether oxygens (including phenoxy) is 1. The normalized spacial score (nSPS) is 17.0. The van der Waals surface area contributed by atoms with E-state index < -0.39 is 12.7 Å². The SMILES string of the molecule is C=C1OB(c2ccc(OC(C)C)c(C#N)c2)OC1(C)C. The van der Waals surface area contributed by atoms with E-state index in [9.17, 15) is 5.26 Å². The fourth-order valence-electron chi connectivity index (χ4n) is 1.90. The van der Waals surface area contributed by atoms with Gasteiger partial charge in [-0.3, -0.25) is 0 Å². The van der Waals surface area contributed by atoms with E-state index in [0.29, 0.717) is 17.1 Å². The maximum absolute atomic E-state index is 9.22. The Morgan fingerprint density at radius 2 is 2.10 bits per heavy atom. The van der Waals surface area contributed by atoms with Gasteiger partial charge in [0.1, 0.15) is 17.4 Å². The highest BCUT2D eigenvalue weighted by Crippen LogP contribution is 2.29. The predicted molar refractivity (Wildman–Crippen MR) is 77.7 cm³/mol. The lowest BCUT2D eigenvalue weighted by molar-refractivity contribution is 0.173. The largest absolute Gasteiger partial charge is 0.563 e. The molecular weight excluding hydrogens is 253 g/mol. The molecule has 1 aromatic carbocycles. The lowest BCUT2D eigenvalue weighted by atomic mass is 9.78. The Labute approximate surface area is 120 Å². The highest BCUT2D eigenvalue weighted by atomic mass is 16.7. The number of benzene rings is 1. The lowest BCUT2D eigenvalue weighted by Gasteiger charge is -2.15. The Morgan fingerprint density at radius 1 is 1.40 bits per heavy atom. The van der Waals surface area contributed by atoms with Crippen LogP contribution in [0.15, 0.2) is 30.5 Å². The molecule has 1 aliphatic rings. The number of hydrogen-bond acceptors (Lipinski definition) is 4. The molecule has 5 heteroatoms. The first-order valence-corrected chi connectivity index (χ1v) is 6.58. The van der Waals surface area contributed by atoms with Crippen molar-refractivity contribution in [2.45, 2.75) is 39.4 Å². The standard InChI is InChI=1S/C15H18BNO3/c1-10(2)18-14-7-6-13(8-12(14)9-17)16-19-11(3)15(4,5)20-16/h6-8,10H,3H2,1-2,4-5H3. The molecule has 1 saturated heterocycles. The van der Waals surface area contributed by atoms with Crippen molar-refractivity contribution in [3.05, 3.63) is 36.1 Å². The van der Waals surface area contributed by atoms with Crippen molar-refractivity contribution in [1.82, 2.24) is 0 Å². The Hall–Kier alpha value is -1.93. The minimum absolute atomic E-state index is 0.0191. The molecule has 2 rings (SSSR count). The Morgan fingerprint density at radius 3 is 2.60 bits per heavy atom. The van der Waals surface area contributed by atoms with Crippen LogP contribution in [0.3, 0.4) is 0 Å².